The van der Waals surface area contributed by atoms with Crippen molar-refractivity contribution >= 4 is 38.9 Å². The van der Waals surface area contributed by atoms with Crippen molar-refractivity contribution in [2.24, 2.45) is 0 Å². The van der Waals surface area contributed by atoms with Crippen LogP contribution in [0.5, 0.6) is 0 Å². The number of halogens is 2. The number of aromatic amines is 1. The summed E-state index contributed by atoms with van der Waals surface area (Å²) >= 11 is 11.0. The standard InChI is InChI=1S/C10H11BrClN3S/c1-6(7-3-14-15-4-7)13-5-8-2-9(11)10(12)16-8/h2-4,6,13H,5H2,1H3,(H,14,15). The van der Waals surface area contributed by atoms with E-state index in [1.54, 1.807) is 11.3 Å². The predicted octanol–water partition coefficient (Wildman–Crippen LogP) is 3.74. The van der Waals surface area contributed by atoms with Crippen LogP contribution in [0.1, 0.15) is 23.4 Å². The Balaban J connectivity index is 1.92. The highest BCUT2D eigenvalue weighted by Gasteiger charge is 2.08. The topological polar surface area (TPSA) is 40.7 Å². The van der Waals surface area contributed by atoms with Crippen LogP contribution in [-0.2, 0) is 6.54 Å². The van der Waals surface area contributed by atoms with Gasteiger partial charge in [0.05, 0.1) is 6.20 Å². The van der Waals surface area contributed by atoms with Crippen LogP contribution >= 0.6 is 38.9 Å². The van der Waals surface area contributed by atoms with Crippen LogP contribution in [0.25, 0.3) is 0 Å². The Hall–Kier alpha value is -0.360. The van der Waals surface area contributed by atoms with Gasteiger partial charge >= 0.3 is 0 Å². The minimum absolute atomic E-state index is 0.276. The van der Waals surface area contributed by atoms with Crippen LogP contribution < -0.4 is 5.32 Å². The quantitative estimate of drug-likeness (QED) is 0.901. The molecule has 1 unspecified atom stereocenters. The molecule has 2 N–H and O–H groups in total. The molecule has 86 valence electrons. The number of nitrogens with zero attached hydrogens (tertiary/aromatic N) is 1. The Labute approximate surface area is 111 Å². The molecule has 1 atom stereocenters. The third-order valence-electron chi connectivity index (χ3n) is 2.30. The van der Waals surface area contributed by atoms with E-state index in [0.717, 1.165) is 20.9 Å². The zero-order valence-electron chi connectivity index (χ0n) is 8.63. The first-order chi connectivity index (χ1) is 7.66. The average molecular weight is 321 g/mol. The molecule has 0 fully saturated rings. The third-order valence-corrected chi connectivity index (χ3v) is 4.77. The number of hydrogen-bond acceptors (Lipinski definition) is 3. The fourth-order valence-electron chi connectivity index (χ4n) is 1.35. The highest BCUT2D eigenvalue weighted by molar-refractivity contribution is 9.10. The molecule has 0 spiro atoms. The van der Waals surface area contributed by atoms with Crippen LogP contribution in [0.15, 0.2) is 22.9 Å². The maximum absolute atomic E-state index is 5.97. The van der Waals surface area contributed by atoms with Crippen LogP contribution in [-0.4, -0.2) is 10.2 Å². The fourth-order valence-corrected chi connectivity index (χ4v) is 3.09. The number of aromatic nitrogens is 2. The largest absolute Gasteiger partial charge is 0.305 e. The lowest BCUT2D eigenvalue weighted by molar-refractivity contribution is 0.579. The lowest BCUT2D eigenvalue weighted by Crippen LogP contribution is -2.16. The second-order valence-corrected chi connectivity index (χ2v) is 6.06. The highest BCUT2D eigenvalue weighted by Crippen LogP contribution is 2.32. The fraction of sp³-hybridized carbons (Fsp3) is 0.300. The SMILES string of the molecule is CC(NCc1cc(Br)c(Cl)s1)c1cn[nH]c1. The van der Waals surface area contributed by atoms with Gasteiger partial charge in [0.2, 0.25) is 0 Å². The predicted molar refractivity (Wildman–Crippen MR) is 70.9 cm³/mol. The van der Waals surface area contributed by atoms with Crippen molar-refractivity contribution in [3.05, 3.63) is 37.7 Å². The third kappa shape index (κ3) is 2.85. The van der Waals surface area contributed by atoms with Gasteiger partial charge in [-0.05, 0) is 28.9 Å². The number of rotatable bonds is 4. The number of hydrogen-bond donors (Lipinski definition) is 2. The molecule has 3 nitrogen and oxygen atoms in total. The molecule has 0 radical (unpaired) electrons. The van der Waals surface area contributed by atoms with Gasteiger partial charge < -0.3 is 5.32 Å². The Morgan fingerprint density at radius 2 is 2.50 bits per heavy atom. The van der Waals surface area contributed by atoms with Crippen LogP contribution in [0.2, 0.25) is 4.34 Å². The Bertz CT molecular complexity index is 435. The molecule has 2 heterocycles. The molecule has 0 aromatic carbocycles. The summed E-state index contributed by atoms with van der Waals surface area (Å²) in [6.45, 7) is 2.91. The maximum atomic E-state index is 5.97. The second kappa shape index (κ2) is 5.31. The molecule has 2 rings (SSSR count). The molecule has 0 aliphatic rings. The molecular formula is C10H11BrClN3S. The molecule has 2 aromatic heterocycles. The summed E-state index contributed by atoms with van der Waals surface area (Å²) < 4.78 is 1.76. The first kappa shape index (κ1) is 12.1. The number of nitrogens with one attached hydrogen (secondary N) is 2. The molecule has 0 saturated carbocycles. The van der Waals surface area contributed by atoms with Gasteiger partial charge in [0.25, 0.3) is 0 Å². The summed E-state index contributed by atoms with van der Waals surface area (Å²) in [4.78, 5) is 1.22. The summed E-state index contributed by atoms with van der Waals surface area (Å²) in [7, 11) is 0. The molecule has 0 aliphatic carbocycles. The summed E-state index contributed by atoms with van der Waals surface area (Å²) in [5.74, 6) is 0. The molecule has 16 heavy (non-hydrogen) atoms. The lowest BCUT2D eigenvalue weighted by Gasteiger charge is -2.10. The zero-order valence-corrected chi connectivity index (χ0v) is 11.8. The second-order valence-electron chi connectivity index (χ2n) is 3.47. The minimum Gasteiger partial charge on any atom is -0.305 e. The Morgan fingerprint density at radius 1 is 1.69 bits per heavy atom. The first-order valence-electron chi connectivity index (χ1n) is 4.82. The number of H-pyrrole nitrogens is 1. The van der Waals surface area contributed by atoms with Gasteiger partial charge in [-0.15, -0.1) is 11.3 Å². The lowest BCUT2D eigenvalue weighted by atomic mass is 10.2. The van der Waals surface area contributed by atoms with Gasteiger partial charge in [0.15, 0.2) is 0 Å². The van der Waals surface area contributed by atoms with Gasteiger partial charge in [-0.3, -0.25) is 5.10 Å². The van der Waals surface area contributed by atoms with E-state index in [1.165, 1.54) is 4.88 Å². The Morgan fingerprint density at radius 3 is 3.06 bits per heavy atom. The van der Waals surface area contributed by atoms with Crippen molar-refractivity contribution in [2.45, 2.75) is 19.5 Å². The zero-order chi connectivity index (χ0) is 11.5. The van der Waals surface area contributed by atoms with Crippen molar-refractivity contribution in [3.8, 4) is 0 Å². The van der Waals surface area contributed by atoms with Crippen LogP contribution in [0, 0.1) is 0 Å². The van der Waals surface area contributed by atoms with Crippen LogP contribution in [0.3, 0.4) is 0 Å². The van der Waals surface area contributed by atoms with Crippen molar-refractivity contribution in [1.29, 1.82) is 0 Å². The van der Waals surface area contributed by atoms with Crippen molar-refractivity contribution in [2.75, 3.05) is 0 Å². The summed E-state index contributed by atoms with van der Waals surface area (Å²) in [6.07, 6.45) is 3.73. The van der Waals surface area contributed by atoms with Gasteiger partial charge in [-0.1, -0.05) is 11.6 Å². The molecule has 0 amide bonds. The molecule has 2 aromatic rings. The molecular weight excluding hydrogens is 310 g/mol. The van der Waals surface area contributed by atoms with E-state index in [0.29, 0.717) is 0 Å². The molecule has 0 saturated heterocycles. The summed E-state index contributed by atoms with van der Waals surface area (Å²) in [5, 5.41) is 10.1. The van der Waals surface area contributed by atoms with E-state index in [4.69, 9.17) is 11.6 Å². The van der Waals surface area contributed by atoms with E-state index in [9.17, 15) is 0 Å². The normalized spacial score (nSPS) is 12.9. The van der Waals surface area contributed by atoms with E-state index in [2.05, 4.69) is 38.4 Å². The van der Waals surface area contributed by atoms with Gasteiger partial charge in [-0.25, -0.2) is 0 Å². The van der Waals surface area contributed by atoms with E-state index in [1.807, 2.05) is 18.5 Å². The van der Waals surface area contributed by atoms with Crippen molar-refractivity contribution in [1.82, 2.24) is 15.5 Å². The molecule has 0 bridgehead atoms. The van der Waals surface area contributed by atoms with Crippen LogP contribution in [0.4, 0.5) is 0 Å². The maximum Gasteiger partial charge on any atom is 0.107 e. The summed E-state index contributed by atoms with van der Waals surface area (Å²) in [5.41, 5.74) is 1.15. The van der Waals surface area contributed by atoms with E-state index >= 15 is 0 Å². The van der Waals surface area contributed by atoms with E-state index in [-0.39, 0.29) is 6.04 Å². The number of thiophene rings is 1. The minimum atomic E-state index is 0.276. The van der Waals surface area contributed by atoms with E-state index < -0.39 is 0 Å². The summed E-state index contributed by atoms with van der Waals surface area (Å²) in [6, 6.07) is 2.32. The smallest absolute Gasteiger partial charge is 0.107 e. The van der Waals surface area contributed by atoms with Gasteiger partial charge in [0.1, 0.15) is 4.34 Å². The molecule has 0 aliphatic heterocycles. The van der Waals surface area contributed by atoms with Crippen molar-refractivity contribution < 1.29 is 0 Å². The van der Waals surface area contributed by atoms with Gasteiger partial charge in [-0.2, -0.15) is 5.10 Å². The molecule has 6 heteroatoms. The monoisotopic (exact) mass is 319 g/mol. The Kier molecular flexibility index (Phi) is 4.02. The van der Waals surface area contributed by atoms with Crippen molar-refractivity contribution in [3.63, 3.8) is 0 Å². The van der Waals surface area contributed by atoms with Gasteiger partial charge in [0, 0.05) is 33.7 Å². The first-order valence-corrected chi connectivity index (χ1v) is 6.81. The average Bonchev–Trinajstić information content (AvgIpc) is 2.86. The highest BCUT2D eigenvalue weighted by atomic mass is 79.9.